The summed E-state index contributed by atoms with van der Waals surface area (Å²) in [4.78, 5) is 25.6. The van der Waals surface area contributed by atoms with Crippen LogP contribution in [-0.4, -0.2) is 63.2 Å². The molecule has 1 saturated heterocycles. The van der Waals surface area contributed by atoms with Crippen LogP contribution in [0.5, 0.6) is 0 Å². The lowest BCUT2D eigenvalue weighted by Gasteiger charge is -2.26. The van der Waals surface area contributed by atoms with E-state index in [4.69, 9.17) is 4.74 Å². The van der Waals surface area contributed by atoms with Crippen LogP contribution in [0.4, 0.5) is 0 Å². The number of hydrogen-bond donors (Lipinski definition) is 2. The largest absolute Gasteiger partial charge is 0.379 e. The SMILES string of the molecule is CNC(=O)c1ccc(/C=C\C(=O)NCCCN2CCOCC2)cc1. The molecule has 0 spiro atoms. The van der Waals surface area contributed by atoms with Crippen molar-refractivity contribution in [3.63, 3.8) is 0 Å². The Bertz CT molecular complexity index is 563. The van der Waals surface area contributed by atoms with Gasteiger partial charge < -0.3 is 15.4 Å². The van der Waals surface area contributed by atoms with Crippen molar-refractivity contribution in [2.24, 2.45) is 0 Å². The molecular weight excluding hydrogens is 306 g/mol. The first kappa shape index (κ1) is 18.2. The summed E-state index contributed by atoms with van der Waals surface area (Å²) in [6.07, 6.45) is 4.19. The smallest absolute Gasteiger partial charge is 0.251 e. The van der Waals surface area contributed by atoms with E-state index < -0.39 is 0 Å². The zero-order chi connectivity index (χ0) is 17.2. The van der Waals surface area contributed by atoms with Crippen LogP contribution in [-0.2, 0) is 9.53 Å². The van der Waals surface area contributed by atoms with Crippen LogP contribution in [0.15, 0.2) is 30.3 Å². The summed E-state index contributed by atoms with van der Waals surface area (Å²) < 4.78 is 5.30. The standard InChI is InChI=1S/C18H25N3O3/c1-19-18(23)16-6-3-15(4-7-16)5-8-17(22)20-9-2-10-21-11-13-24-14-12-21/h3-8H,2,9-14H2,1H3,(H,19,23)(H,20,22)/b8-5-. The maximum atomic E-state index is 11.8. The maximum absolute atomic E-state index is 11.8. The van der Waals surface area contributed by atoms with E-state index in [0.29, 0.717) is 12.1 Å². The van der Waals surface area contributed by atoms with E-state index >= 15 is 0 Å². The van der Waals surface area contributed by atoms with E-state index in [1.54, 1.807) is 25.3 Å². The minimum absolute atomic E-state index is 0.104. The summed E-state index contributed by atoms with van der Waals surface area (Å²) in [5.41, 5.74) is 1.48. The number of ether oxygens (including phenoxy) is 1. The van der Waals surface area contributed by atoms with Gasteiger partial charge in [-0.25, -0.2) is 0 Å². The second kappa shape index (κ2) is 9.85. The molecule has 2 amide bonds. The van der Waals surface area contributed by atoms with Crippen LogP contribution in [0.25, 0.3) is 6.08 Å². The Hall–Kier alpha value is -2.18. The Kier molecular flexibility index (Phi) is 7.45. The molecule has 24 heavy (non-hydrogen) atoms. The van der Waals surface area contributed by atoms with Crippen LogP contribution in [0.1, 0.15) is 22.3 Å². The molecule has 6 heteroatoms. The molecule has 0 aliphatic carbocycles. The third kappa shape index (κ3) is 6.14. The molecule has 0 atom stereocenters. The molecule has 6 nitrogen and oxygen atoms in total. The van der Waals surface area contributed by atoms with Crippen molar-refractivity contribution in [3.8, 4) is 0 Å². The first-order valence-corrected chi connectivity index (χ1v) is 8.27. The lowest BCUT2D eigenvalue weighted by Crippen LogP contribution is -2.38. The fraction of sp³-hybridized carbons (Fsp3) is 0.444. The summed E-state index contributed by atoms with van der Waals surface area (Å²) in [6.45, 7) is 5.19. The molecule has 130 valence electrons. The molecule has 0 saturated carbocycles. The van der Waals surface area contributed by atoms with E-state index in [2.05, 4.69) is 15.5 Å². The molecule has 1 aliphatic rings. The topological polar surface area (TPSA) is 70.7 Å². The first-order valence-electron chi connectivity index (χ1n) is 8.27. The molecule has 0 radical (unpaired) electrons. The average molecular weight is 331 g/mol. The van der Waals surface area contributed by atoms with Crippen molar-refractivity contribution >= 4 is 17.9 Å². The summed E-state index contributed by atoms with van der Waals surface area (Å²) in [5.74, 6) is -0.226. The molecular formula is C18H25N3O3. The molecule has 1 aromatic carbocycles. The summed E-state index contributed by atoms with van der Waals surface area (Å²) in [7, 11) is 1.60. The van der Waals surface area contributed by atoms with E-state index in [1.165, 1.54) is 6.08 Å². The van der Waals surface area contributed by atoms with Crippen molar-refractivity contribution in [2.45, 2.75) is 6.42 Å². The number of carbonyl (C=O) groups excluding carboxylic acids is 2. The van der Waals surface area contributed by atoms with Crippen molar-refractivity contribution in [2.75, 3.05) is 46.4 Å². The normalized spacial score (nSPS) is 15.4. The van der Waals surface area contributed by atoms with Gasteiger partial charge in [-0.3, -0.25) is 14.5 Å². The quantitative estimate of drug-likeness (QED) is 0.575. The van der Waals surface area contributed by atoms with E-state index in [-0.39, 0.29) is 11.8 Å². The van der Waals surface area contributed by atoms with Gasteiger partial charge in [0.05, 0.1) is 13.2 Å². The second-order valence-electron chi connectivity index (χ2n) is 5.63. The molecule has 0 unspecified atom stereocenters. The zero-order valence-corrected chi connectivity index (χ0v) is 14.1. The molecule has 1 aliphatic heterocycles. The number of benzene rings is 1. The minimum atomic E-state index is -0.122. The van der Waals surface area contributed by atoms with Gasteiger partial charge in [-0.2, -0.15) is 0 Å². The van der Waals surface area contributed by atoms with Gasteiger partial charge in [0.2, 0.25) is 5.91 Å². The number of nitrogens with zero attached hydrogens (tertiary/aromatic N) is 1. The summed E-state index contributed by atoms with van der Waals surface area (Å²) in [5, 5.41) is 5.46. The zero-order valence-electron chi connectivity index (χ0n) is 14.1. The molecule has 2 rings (SSSR count). The number of carbonyl (C=O) groups is 2. The van der Waals surface area contributed by atoms with E-state index in [9.17, 15) is 9.59 Å². The molecule has 1 fully saturated rings. The third-order valence-corrected chi connectivity index (χ3v) is 3.88. The third-order valence-electron chi connectivity index (χ3n) is 3.88. The average Bonchev–Trinajstić information content (AvgIpc) is 2.64. The molecule has 0 bridgehead atoms. The van der Waals surface area contributed by atoms with Crippen LogP contribution < -0.4 is 10.6 Å². The highest BCUT2D eigenvalue weighted by molar-refractivity contribution is 5.94. The van der Waals surface area contributed by atoms with Crippen LogP contribution in [0.3, 0.4) is 0 Å². The van der Waals surface area contributed by atoms with Gasteiger partial charge in [-0.15, -0.1) is 0 Å². The Labute approximate surface area is 142 Å². The van der Waals surface area contributed by atoms with Crippen molar-refractivity contribution in [3.05, 3.63) is 41.5 Å². The highest BCUT2D eigenvalue weighted by Crippen LogP contribution is 2.06. The van der Waals surface area contributed by atoms with Gasteiger partial charge in [0.15, 0.2) is 0 Å². The Morgan fingerprint density at radius 1 is 1.21 bits per heavy atom. The molecule has 1 aromatic rings. The Morgan fingerprint density at radius 2 is 1.92 bits per heavy atom. The van der Waals surface area contributed by atoms with Crippen molar-refractivity contribution < 1.29 is 14.3 Å². The molecule has 0 aromatic heterocycles. The van der Waals surface area contributed by atoms with Crippen LogP contribution >= 0.6 is 0 Å². The predicted octanol–water partition coefficient (Wildman–Crippen LogP) is 0.898. The van der Waals surface area contributed by atoms with E-state index in [0.717, 1.165) is 44.8 Å². The molecule has 1 heterocycles. The number of amides is 2. The second-order valence-corrected chi connectivity index (χ2v) is 5.63. The summed E-state index contributed by atoms with van der Waals surface area (Å²) in [6, 6.07) is 7.09. The monoisotopic (exact) mass is 331 g/mol. The van der Waals surface area contributed by atoms with Crippen LogP contribution in [0.2, 0.25) is 0 Å². The van der Waals surface area contributed by atoms with Gasteiger partial charge in [0, 0.05) is 38.3 Å². The van der Waals surface area contributed by atoms with Gasteiger partial charge >= 0.3 is 0 Å². The fourth-order valence-corrected chi connectivity index (χ4v) is 2.46. The lowest BCUT2D eigenvalue weighted by atomic mass is 10.1. The van der Waals surface area contributed by atoms with Gasteiger partial charge in [0.1, 0.15) is 0 Å². The highest BCUT2D eigenvalue weighted by atomic mass is 16.5. The van der Waals surface area contributed by atoms with Crippen molar-refractivity contribution in [1.82, 2.24) is 15.5 Å². The summed E-state index contributed by atoms with van der Waals surface area (Å²) >= 11 is 0. The maximum Gasteiger partial charge on any atom is 0.251 e. The molecule has 2 N–H and O–H groups in total. The van der Waals surface area contributed by atoms with Gasteiger partial charge in [-0.1, -0.05) is 12.1 Å². The highest BCUT2D eigenvalue weighted by Gasteiger charge is 2.09. The van der Waals surface area contributed by atoms with Crippen LogP contribution in [0, 0.1) is 0 Å². The number of morpholine rings is 1. The number of hydrogen-bond acceptors (Lipinski definition) is 4. The minimum Gasteiger partial charge on any atom is -0.379 e. The lowest BCUT2D eigenvalue weighted by molar-refractivity contribution is -0.116. The van der Waals surface area contributed by atoms with Crippen molar-refractivity contribution in [1.29, 1.82) is 0 Å². The first-order chi connectivity index (χ1) is 11.7. The number of rotatable bonds is 7. The fourth-order valence-electron chi connectivity index (χ4n) is 2.46. The number of nitrogens with one attached hydrogen (secondary N) is 2. The predicted molar refractivity (Wildman–Crippen MR) is 93.8 cm³/mol. The van der Waals surface area contributed by atoms with E-state index in [1.807, 2.05) is 12.1 Å². The van der Waals surface area contributed by atoms with Gasteiger partial charge in [0.25, 0.3) is 5.91 Å². The Morgan fingerprint density at radius 3 is 2.58 bits per heavy atom. The van der Waals surface area contributed by atoms with Gasteiger partial charge in [-0.05, 0) is 36.7 Å². The Balaban J connectivity index is 1.67.